The Morgan fingerprint density at radius 1 is 1.00 bits per heavy atom. The van der Waals surface area contributed by atoms with Gasteiger partial charge in [-0.15, -0.1) is 0 Å². The molecule has 0 aromatic heterocycles. The van der Waals surface area contributed by atoms with E-state index in [2.05, 4.69) is 5.32 Å². The van der Waals surface area contributed by atoms with Gasteiger partial charge in [-0.05, 0) is 37.5 Å². The average Bonchev–Trinajstić information content (AvgIpc) is 2.86. The Labute approximate surface area is 214 Å². The van der Waals surface area contributed by atoms with Crippen molar-refractivity contribution in [2.75, 3.05) is 31.3 Å². The molecular weight excluding hydrogens is 482 g/mol. The predicted octanol–water partition coefficient (Wildman–Crippen LogP) is 3.19. The van der Waals surface area contributed by atoms with Crippen LogP contribution in [0.15, 0.2) is 48.5 Å². The molecule has 36 heavy (non-hydrogen) atoms. The number of methoxy groups -OCH3 is 2. The molecule has 0 aliphatic rings. The van der Waals surface area contributed by atoms with Crippen LogP contribution >= 0.6 is 0 Å². The molecule has 2 atom stereocenters. The van der Waals surface area contributed by atoms with Gasteiger partial charge in [-0.1, -0.05) is 44.2 Å². The lowest BCUT2D eigenvalue weighted by molar-refractivity contribution is -0.140. The largest absolute Gasteiger partial charge is 0.497 e. The number of rotatable bonds is 13. The third-order valence-electron chi connectivity index (χ3n) is 5.92. The van der Waals surface area contributed by atoms with Gasteiger partial charge in [-0.2, -0.15) is 0 Å². The Morgan fingerprint density at radius 3 is 2.19 bits per heavy atom. The molecule has 0 heterocycles. The van der Waals surface area contributed by atoms with Gasteiger partial charge >= 0.3 is 0 Å². The molecule has 0 saturated heterocycles. The molecule has 2 aromatic carbocycles. The standard InChI is InChI=1S/C26H37N3O6S/c1-7-19(3)27-26(31)22(8-2)28(17-20-12-10-9-11-13-20)25(30)18-29(36(6,32)33)23-15-14-21(34-4)16-24(23)35-5/h9-16,19,22H,7-8,17-18H2,1-6H3,(H,27,31). The number of hydrogen-bond acceptors (Lipinski definition) is 6. The second-order valence-corrected chi connectivity index (χ2v) is 10.5. The van der Waals surface area contributed by atoms with Crippen molar-refractivity contribution < 1.29 is 27.5 Å². The molecule has 0 aliphatic carbocycles. The van der Waals surface area contributed by atoms with E-state index in [0.29, 0.717) is 12.2 Å². The van der Waals surface area contributed by atoms with Gasteiger partial charge in [0, 0.05) is 18.7 Å². The molecule has 2 unspecified atom stereocenters. The van der Waals surface area contributed by atoms with Crippen molar-refractivity contribution in [2.45, 2.75) is 52.2 Å². The highest BCUT2D eigenvalue weighted by Crippen LogP contribution is 2.33. The quantitative estimate of drug-likeness (QED) is 0.436. The molecule has 10 heteroatoms. The first-order chi connectivity index (χ1) is 17.0. The number of hydrogen-bond donors (Lipinski definition) is 1. The van der Waals surface area contributed by atoms with E-state index in [1.54, 1.807) is 12.1 Å². The summed E-state index contributed by atoms with van der Waals surface area (Å²) in [5, 5.41) is 2.95. The van der Waals surface area contributed by atoms with Crippen molar-refractivity contribution in [2.24, 2.45) is 0 Å². The Morgan fingerprint density at radius 2 is 1.67 bits per heavy atom. The lowest BCUT2D eigenvalue weighted by Crippen LogP contribution is -2.53. The summed E-state index contributed by atoms with van der Waals surface area (Å²) in [4.78, 5) is 28.3. The minimum absolute atomic E-state index is 0.0590. The molecule has 2 amide bonds. The van der Waals surface area contributed by atoms with Gasteiger partial charge < -0.3 is 19.7 Å². The maximum atomic E-state index is 13.7. The SMILES string of the molecule is CCC(C)NC(=O)C(CC)N(Cc1ccccc1)C(=O)CN(c1ccc(OC)cc1OC)S(C)(=O)=O. The van der Waals surface area contributed by atoms with Gasteiger partial charge in [0.15, 0.2) is 0 Å². The fourth-order valence-electron chi connectivity index (χ4n) is 3.73. The molecule has 198 valence electrons. The van der Waals surface area contributed by atoms with E-state index in [1.165, 1.54) is 25.2 Å². The zero-order valence-corrected chi connectivity index (χ0v) is 22.7. The highest BCUT2D eigenvalue weighted by atomic mass is 32.2. The highest BCUT2D eigenvalue weighted by Gasteiger charge is 2.33. The molecule has 0 fully saturated rings. The highest BCUT2D eigenvalue weighted by molar-refractivity contribution is 7.92. The minimum Gasteiger partial charge on any atom is -0.497 e. The van der Waals surface area contributed by atoms with Crippen molar-refractivity contribution in [1.82, 2.24) is 10.2 Å². The zero-order valence-electron chi connectivity index (χ0n) is 21.9. The average molecular weight is 520 g/mol. The molecule has 9 nitrogen and oxygen atoms in total. The monoisotopic (exact) mass is 519 g/mol. The Hall–Kier alpha value is -3.27. The summed E-state index contributed by atoms with van der Waals surface area (Å²) in [5.41, 5.74) is 1.03. The maximum Gasteiger partial charge on any atom is 0.244 e. The minimum atomic E-state index is -3.88. The van der Waals surface area contributed by atoms with Gasteiger partial charge in [-0.25, -0.2) is 8.42 Å². The van der Waals surface area contributed by atoms with Crippen LogP contribution in [-0.2, 0) is 26.2 Å². The molecule has 0 radical (unpaired) electrons. The van der Waals surface area contributed by atoms with Gasteiger partial charge in [0.25, 0.3) is 0 Å². The Kier molecular flexibility index (Phi) is 10.6. The van der Waals surface area contributed by atoms with Crippen molar-refractivity contribution in [3.05, 3.63) is 54.1 Å². The smallest absolute Gasteiger partial charge is 0.244 e. The van der Waals surface area contributed by atoms with E-state index in [1.807, 2.05) is 51.1 Å². The third-order valence-corrected chi connectivity index (χ3v) is 7.04. The van der Waals surface area contributed by atoms with E-state index in [4.69, 9.17) is 9.47 Å². The van der Waals surface area contributed by atoms with Crippen LogP contribution in [0.25, 0.3) is 0 Å². The van der Waals surface area contributed by atoms with Crippen LogP contribution in [0.4, 0.5) is 5.69 Å². The zero-order chi connectivity index (χ0) is 26.9. The number of carbonyl (C=O) groups excluding carboxylic acids is 2. The van der Waals surface area contributed by atoms with Gasteiger partial charge in [0.05, 0.1) is 26.2 Å². The number of ether oxygens (including phenoxy) is 2. The summed E-state index contributed by atoms with van der Waals surface area (Å²) in [6.45, 7) is 5.35. The number of nitrogens with one attached hydrogen (secondary N) is 1. The number of anilines is 1. The summed E-state index contributed by atoms with van der Waals surface area (Å²) < 4.78 is 37.2. The van der Waals surface area contributed by atoms with Crippen LogP contribution in [0.2, 0.25) is 0 Å². The normalized spacial score (nSPS) is 12.8. The van der Waals surface area contributed by atoms with Crippen molar-refractivity contribution in [1.29, 1.82) is 0 Å². The Balaban J connectivity index is 2.48. The van der Waals surface area contributed by atoms with Crippen LogP contribution in [-0.4, -0.2) is 64.2 Å². The van der Waals surface area contributed by atoms with Gasteiger partial charge in [0.2, 0.25) is 21.8 Å². The molecule has 0 aliphatic heterocycles. The van der Waals surface area contributed by atoms with Crippen LogP contribution < -0.4 is 19.1 Å². The number of amides is 2. The molecule has 0 saturated carbocycles. The fourth-order valence-corrected chi connectivity index (χ4v) is 4.58. The van der Waals surface area contributed by atoms with Crippen LogP contribution in [0.3, 0.4) is 0 Å². The Bertz CT molecular complexity index is 1120. The first-order valence-corrected chi connectivity index (χ1v) is 13.7. The number of nitrogens with zero attached hydrogens (tertiary/aromatic N) is 2. The van der Waals surface area contributed by atoms with Crippen molar-refractivity contribution in [3.63, 3.8) is 0 Å². The van der Waals surface area contributed by atoms with E-state index in [0.717, 1.165) is 22.5 Å². The van der Waals surface area contributed by atoms with Crippen molar-refractivity contribution in [3.8, 4) is 11.5 Å². The first-order valence-electron chi connectivity index (χ1n) is 11.9. The lowest BCUT2D eigenvalue weighted by Gasteiger charge is -2.33. The second kappa shape index (κ2) is 13.2. The number of carbonyl (C=O) groups is 2. The molecule has 0 spiro atoms. The number of sulfonamides is 1. The second-order valence-electron chi connectivity index (χ2n) is 8.56. The van der Waals surface area contributed by atoms with E-state index in [9.17, 15) is 18.0 Å². The first kappa shape index (κ1) is 29.0. The molecular formula is C26H37N3O6S. The lowest BCUT2D eigenvalue weighted by atomic mass is 10.1. The molecule has 2 rings (SSSR count). The number of benzene rings is 2. The van der Waals surface area contributed by atoms with E-state index in [-0.39, 0.29) is 29.9 Å². The van der Waals surface area contributed by atoms with Crippen LogP contribution in [0.1, 0.15) is 39.2 Å². The van der Waals surface area contributed by atoms with E-state index >= 15 is 0 Å². The summed E-state index contributed by atoms with van der Waals surface area (Å²) in [6, 6.07) is 13.1. The summed E-state index contributed by atoms with van der Waals surface area (Å²) in [5.74, 6) is -0.0602. The molecule has 1 N–H and O–H groups in total. The van der Waals surface area contributed by atoms with E-state index < -0.39 is 28.5 Å². The predicted molar refractivity (Wildman–Crippen MR) is 141 cm³/mol. The topological polar surface area (TPSA) is 105 Å². The van der Waals surface area contributed by atoms with Crippen LogP contribution in [0.5, 0.6) is 11.5 Å². The maximum absolute atomic E-state index is 13.7. The third kappa shape index (κ3) is 7.61. The summed E-state index contributed by atoms with van der Waals surface area (Å²) >= 11 is 0. The summed E-state index contributed by atoms with van der Waals surface area (Å²) in [6.07, 6.45) is 2.14. The fraction of sp³-hybridized carbons (Fsp3) is 0.462. The summed E-state index contributed by atoms with van der Waals surface area (Å²) in [7, 11) is -0.982. The van der Waals surface area contributed by atoms with Crippen LogP contribution in [0, 0.1) is 0 Å². The molecule has 0 bridgehead atoms. The molecule has 2 aromatic rings. The van der Waals surface area contributed by atoms with Gasteiger partial charge in [0.1, 0.15) is 24.1 Å². The van der Waals surface area contributed by atoms with Crippen molar-refractivity contribution >= 4 is 27.5 Å². The van der Waals surface area contributed by atoms with Gasteiger partial charge in [-0.3, -0.25) is 13.9 Å².